The van der Waals surface area contributed by atoms with Gasteiger partial charge in [0.25, 0.3) is 0 Å². The number of rotatable bonds is 5. The van der Waals surface area contributed by atoms with Crippen LogP contribution in [0, 0.1) is 0 Å². The molecule has 0 fully saturated rings. The van der Waals surface area contributed by atoms with Crippen LogP contribution in [0.3, 0.4) is 0 Å². The van der Waals surface area contributed by atoms with E-state index in [0.717, 1.165) is 12.8 Å². The Morgan fingerprint density at radius 2 is 1.86 bits per heavy atom. The van der Waals surface area contributed by atoms with Crippen molar-refractivity contribution in [2.24, 2.45) is 0 Å². The minimum atomic E-state index is 1.03. The molecule has 0 atom stereocenters. The van der Waals surface area contributed by atoms with E-state index in [4.69, 9.17) is 0 Å². The molecular weight excluding hydrogens is 168 g/mol. The van der Waals surface area contributed by atoms with Crippen molar-refractivity contribution in [2.75, 3.05) is 0 Å². The average Bonchev–Trinajstić information content (AvgIpc) is 2.25. The van der Waals surface area contributed by atoms with Gasteiger partial charge in [-0.1, -0.05) is 61.7 Å². The minimum Gasteiger partial charge on any atom is -0.0991 e. The summed E-state index contributed by atoms with van der Waals surface area (Å²) in [6, 6.07) is 10.5. The summed E-state index contributed by atoms with van der Waals surface area (Å²) in [5, 5.41) is 0. The molecule has 0 heteroatoms. The lowest BCUT2D eigenvalue weighted by atomic mass is 10.0. The van der Waals surface area contributed by atoms with E-state index >= 15 is 0 Å². The first-order chi connectivity index (χ1) is 6.86. The molecule has 0 aliphatic rings. The Bertz CT molecular complexity index is 317. The van der Waals surface area contributed by atoms with Crippen molar-refractivity contribution in [3.63, 3.8) is 0 Å². The Balaban J connectivity index is 2.52. The molecule has 0 aromatic heterocycles. The minimum absolute atomic E-state index is 1.03. The van der Waals surface area contributed by atoms with Crippen LogP contribution in [0.25, 0.3) is 0 Å². The maximum Gasteiger partial charge on any atom is -0.0238 e. The highest BCUT2D eigenvalue weighted by Gasteiger charge is 1.93. The van der Waals surface area contributed by atoms with Gasteiger partial charge in [0, 0.05) is 0 Å². The Morgan fingerprint density at radius 3 is 2.43 bits per heavy atom. The van der Waals surface area contributed by atoms with Crippen molar-refractivity contribution < 1.29 is 0 Å². The molecule has 1 aromatic carbocycles. The average molecular weight is 184 g/mol. The van der Waals surface area contributed by atoms with Crippen LogP contribution in [0.5, 0.6) is 0 Å². The normalized spacial score (nSPS) is 11.0. The van der Waals surface area contributed by atoms with Gasteiger partial charge in [0.15, 0.2) is 0 Å². The summed E-state index contributed by atoms with van der Waals surface area (Å²) in [4.78, 5) is 0. The van der Waals surface area contributed by atoms with Crippen LogP contribution < -0.4 is 0 Å². The zero-order valence-corrected chi connectivity index (χ0v) is 8.45. The molecular formula is C14H16. The van der Waals surface area contributed by atoms with Crippen molar-refractivity contribution in [3.05, 3.63) is 72.9 Å². The SMILES string of the molecule is C=C/C=C(\C=C)CCc1ccccc1. The van der Waals surface area contributed by atoms with E-state index in [9.17, 15) is 0 Å². The molecule has 0 aliphatic heterocycles. The second-order valence-electron chi connectivity index (χ2n) is 3.17. The number of aryl methyl sites for hydroxylation is 1. The smallest absolute Gasteiger partial charge is 0.0238 e. The molecule has 0 heterocycles. The molecule has 0 bridgehead atoms. The number of hydrogen-bond donors (Lipinski definition) is 0. The van der Waals surface area contributed by atoms with Crippen LogP contribution in [0.4, 0.5) is 0 Å². The molecule has 0 N–H and O–H groups in total. The molecule has 1 rings (SSSR count). The van der Waals surface area contributed by atoms with Crippen molar-refractivity contribution in [3.8, 4) is 0 Å². The molecule has 0 saturated carbocycles. The van der Waals surface area contributed by atoms with Crippen molar-refractivity contribution >= 4 is 0 Å². The Labute approximate surface area is 86.3 Å². The highest BCUT2D eigenvalue weighted by Crippen LogP contribution is 2.09. The van der Waals surface area contributed by atoms with Gasteiger partial charge in [0.05, 0.1) is 0 Å². The van der Waals surface area contributed by atoms with Crippen LogP contribution in [0.15, 0.2) is 67.3 Å². The Kier molecular flexibility index (Phi) is 4.49. The highest BCUT2D eigenvalue weighted by atomic mass is 14.0. The summed E-state index contributed by atoms with van der Waals surface area (Å²) in [5.74, 6) is 0. The van der Waals surface area contributed by atoms with Crippen molar-refractivity contribution in [1.82, 2.24) is 0 Å². The van der Waals surface area contributed by atoms with Gasteiger partial charge in [-0.3, -0.25) is 0 Å². The molecule has 72 valence electrons. The number of hydrogen-bond acceptors (Lipinski definition) is 0. The maximum absolute atomic E-state index is 3.78. The fraction of sp³-hybridized carbons (Fsp3) is 0.143. The standard InChI is InChI=1S/C14H16/c1-3-8-13(4-2)11-12-14-9-6-5-7-10-14/h3-10H,1-2,11-12H2/b13-8+. The van der Waals surface area contributed by atoms with Gasteiger partial charge in [-0.05, 0) is 24.0 Å². The Morgan fingerprint density at radius 1 is 1.14 bits per heavy atom. The van der Waals surface area contributed by atoms with E-state index in [2.05, 4.69) is 37.4 Å². The maximum atomic E-state index is 3.78. The van der Waals surface area contributed by atoms with E-state index in [1.54, 1.807) is 0 Å². The molecule has 1 aromatic rings. The second kappa shape index (κ2) is 5.98. The van der Waals surface area contributed by atoms with Gasteiger partial charge in [-0.25, -0.2) is 0 Å². The number of allylic oxidation sites excluding steroid dienone is 4. The molecule has 0 amide bonds. The molecule has 0 unspecified atom stereocenters. The summed E-state index contributed by atoms with van der Waals surface area (Å²) in [6.45, 7) is 7.46. The molecule has 0 saturated heterocycles. The highest BCUT2D eigenvalue weighted by molar-refractivity contribution is 5.23. The lowest BCUT2D eigenvalue weighted by Crippen LogP contribution is -1.86. The van der Waals surface area contributed by atoms with Gasteiger partial charge in [-0.15, -0.1) is 0 Å². The van der Waals surface area contributed by atoms with Crippen LogP contribution in [-0.4, -0.2) is 0 Å². The van der Waals surface area contributed by atoms with Crippen LogP contribution in [0.1, 0.15) is 12.0 Å². The fourth-order valence-electron chi connectivity index (χ4n) is 1.34. The largest absolute Gasteiger partial charge is 0.0991 e. The van der Waals surface area contributed by atoms with E-state index in [-0.39, 0.29) is 0 Å². The van der Waals surface area contributed by atoms with Gasteiger partial charge < -0.3 is 0 Å². The van der Waals surface area contributed by atoms with E-state index < -0.39 is 0 Å². The Hall–Kier alpha value is -1.56. The molecule has 14 heavy (non-hydrogen) atoms. The summed E-state index contributed by atoms with van der Waals surface area (Å²) >= 11 is 0. The van der Waals surface area contributed by atoms with Gasteiger partial charge in [-0.2, -0.15) is 0 Å². The van der Waals surface area contributed by atoms with Crippen LogP contribution in [0.2, 0.25) is 0 Å². The van der Waals surface area contributed by atoms with E-state index in [1.165, 1.54) is 11.1 Å². The lowest BCUT2D eigenvalue weighted by molar-refractivity contribution is 0.966. The van der Waals surface area contributed by atoms with E-state index in [0.29, 0.717) is 0 Å². The molecule has 0 nitrogen and oxygen atoms in total. The summed E-state index contributed by atoms with van der Waals surface area (Å²) in [6.07, 6.45) is 7.80. The monoisotopic (exact) mass is 184 g/mol. The third-order valence-corrected chi connectivity index (χ3v) is 2.14. The first-order valence-corrected chi connectivity index (χ1v) is 4.84. The zero-order valence-electron chi connectivity index (χ0n) is 8.45. The summed E-state index contributed by atoms with van der Waals surface area (Å²) in [7, 11) is 0. The van der Waals surface area contributed by atoms with Crippen LogP contribution >= 0.6 is 0 Å². The van der Waals surface area contributed by atoms with Crippen LogP contribution in [-0.2, 0) is 6.42 Å². The van der Waals surface area contributed by atoms with E-state index in [1.807, 2.05) is 24.3 Å². The van der Waals surface area contributed by atoms with Crippen molar-refractivity contribution in [2.45, 2.75) is 12.8 Å². The third-order valence-electron chi connectivity index (χ3n) is 2.14. The molecule has 0 radical (unpaired) electrons. The van der Waals surface area contributed by atoms with Gasteiger partial charge in [0.2, 0.25) is 0 Å². The van der Waals surface area contributed by atoms with Gasteiger partial charge in [0.1, 0.15) is 0 Å². The lowest BCUT2D eigenvalue weighted by Gasteiger charge is -2.01. The van der Waals surface area contributed by atoms with Gasteiger partial charge >= 0.3 is 0 Å². The molecule has 0 spiro atoms. The first kappa shape index (κ1) is 10.5. The molecule has 0 aliphatic carbocycles. The number of benzene rings is 1. The second-order valence-corrected chi connectivity index (χ2v) is 3.17. The first-order valence-electron chi connectivity index (χ1n) is 4.84. The fourth-order valence-corrected chi connectivity index (χ4v) is 1.34. The topological polar surface area (TPSA) is 0 Å². The predicted octanol–water partition coefficient (Wildman–Crippen LogP) is 3.92. The summed E-state index contributed by atoms with van der Waals surface area (Å²) < 4.78 is 0. The quantitative estimate of drug-likeness (QED) is 0.608. The van der Waals surface area contributed by atoms with Crippen molar-refractivity contribution in [1.29, 1.82) is 0 Å². The summed E-state index contributed by atoms with van der Waals surface area (Å²) in [5.41, 5.74) is 2.60. The zero-order chi connectivity index (χ0) is 10.2. The predicted molar refractivity (Wildman–Crippen MR) is 63.2 cm³/mol. The third kappa shape index (κ3) is 3.44.